The SMILES string of the molecule is CCc1cc(CC(NC)C2CCCC2)n(CC)n1. The van der Waals surface area contributed by atoms with Crippen molar-refractivity contribution in [1.29, 1.82) is 0 Å². The van der Waals surface area contributed by atoms with Crippen molar-refractivity contribution in [2.45, 2.75) is 65.0 Å². The number of hydrogen-bond donors (Lipinski definition) is 1. The Hall–Kier alpha value is -0.830. The molecule has 1 heterocycles. The van der Waals surface area contributed by atoms with E-state index in [1.54, 1.807) is 0 Å². The zero-order valence-corrected chi connectivity index (χ0v) is 12.1. The van der Waals surface area contributed by atoms with Gasteiger partial charge in [-0.1, -0.05) is 19.8 Å². The van der Waals surface area contributed by atoms with Crippen molar-refractivity contribution in [2.75, 3.05) is 7.05 Å². The third-order valence-electron chi connectivity index (χ3n) is 4.34. The van der Waals surface area contributed by atoms with E-state index in [1.165, 1.54) is 37.1 Å². The second-order valence-electron chi connectivity index (χ2n) is 5.44. The Morgan fingerprint density at radius 3 is 2.67 bits per heavy atom. The van der Waals surface area contributed by atoms with Gasteiger partial charge in [-0.3, -0.25) is 4.68 Å². The second kappa shape index (κ2) is 6.37. The maximum atomic E-state index is 4.65. The van der Waals surface area contributed by atoms with E-state index in [0.29, 0.717) is 6.04 Å². The Balaban J connectivity index is 2.07. The number of nitrogens with zero attached hydrogens (tertiary/aromatic N) is 2. The first-order valence-electron chi connectivity index (χ1n) is 7.51. The van der Waals surface area contributed by atoms with Crippen LogP contribution in [0.3, 0.4) is 0 Å². The van der Waals surface area contributed by atoms with Gasteiger partial charge in [-0.05, 0) is 45.2 Å². The van der Waals surface area contributed by atoms with Crippen LogP contribution in [0.2, 0.25) is 0 Å². The normalized spacial score (nSPS) is 18.4. The molecular weight excluding hydrogens is 222 g/mol. The number of nitrogens with one attached hydrogen (secondary N) is 1. The van der Waals surface area contributed by atoms with Gasteiger partial charge in [0.2, 0.25) is 0 Å². The summed E-state index contributed by atoms with van der Waals surface area (Å²) in [6, 6.07) is 2.92. The molecule has 102 valence electrons. The topological polar surface area (TPSA) is 29.9 Å². The van der Waals surface area contributed by atoms with Crippen molar-refractivity contribution in [2.24, 2.45) is 5.92 Å². The third kappa shape index (κ3) is 2.94. The van der Waals surface area contributed by atoms with E-state index >= 15 is 0 Å². The van der Waals surface area contributed by atoms with Crippen LogP contribution in [0.15, 0.2) is 6.07 Å². The minimum Gasteiger partial charge on any atom is -0.316 e. The van der Waals surface area contributed by atoms with Crippen LogP contribution in [-0.2, 0) is 19.4 Å². The first kappa shape index (κ1) is 13.6. The molecule has 3 nitrogen and oxygen atoms in total. The highest BCUT2D eigenvalue weighted by molar-refractivity contribution is 5.12. The van der Waals surface area contributed by atoms with Gasteiger partial charge >= 0.3 is 0 Å². The van der Waals surface area contributed by atoms with Crippen molar-refractivity contribution >= 4 is 0 Å². The first-order valence-corrected chi connectivity index (χ1v) is 7.51. The predicted molar refractivity (Wildman–Crippen MR) is 75.8 cm³/mol. The highest BCUT2D eigenvalue weighted by Gasteiger charge is 2.25. The van der Waals surface area contributed by atoms with Crippen LogP contribution in [0.5, 0.6) is 0 Å². The summed E-state index contributed by atoms with van der Waals surface area (Å²) < 4.78 is 2.18. The standard InChI is InChI=1S/C15H27N3/c1-4-13-10-14(18(5-2)17-13)11-15(16-3)12-8-6-7-9-12/h10,12,15-16H,4-9,11H2,1-3H3. The van der Waals surface area contributed by atoms with Crippen LogP contribution in [0.1, 0.15) is 50.9 Å². The summed E-state index contributed by atoms with van der Waals surface area (Å²) in [7, 11) is 2.11. The molecule has 1 aromatic heterocycles. The molecule has 1 aromatic rings. The van der Waals surface area contributed by atoms with Crippen molar-refractivity contribution < 1.29 is 0 Å². The zero-order chi connectivity index (χ0) is 13.0. The lowest BCUT2D eigenvalue weighted by Gasteiger charge is -2.23. The van der Waals surface area contributed by atoms with Gasteiger partial charge in [0.05, 0.1) is 5.69 Å². The van der Waals surface area contributed by atoms with E-state index in [4.69, 9.17) is 0 Å². The summed E-state index contributed by atoms with van der Waals surface area (Å²) in [6.07, 6.45) is 7.78. The molecule has 18 heavy (non-hydrogen) atoms. The summed E-state index contributed by atoms with van der Waals surface area (Å²) in [6.45, 7) is 5.34. The van der Waals surface area contributed by atoms with Crippen LogP contribution in [0.4, 0.5) is 0 Å². The van der Waals surface area contributed by atoms with Crippen molar-refractivity contribution in [3.8, 4) is 0 Å². The maximum Gasteiger partial charge on any atom is 0.0624 e. The smallest absolute Gasteiger partial charge is 0.0624 e. The van der Waals surface area contributed by atoms with Crippen LogP contribution in [0, 0.1) is 5.92 Å². The molecule has 1 unspecified atom stereocenters. The lowest BCUT2D eigenvalue weighted by atomic mass is 9.94. The molecular formula is C15H27N3. The monoisotopic (exact) mass is 249 g/mol. The van der Waals surface area contributed by atoms with Gasteiger partial charge in [-0.15, -0.1) is 0 Å². The summed E-state index contributed by atoms with van der Waals surface area (Å²) in [5.74, 6) is 0.861. The second-order valence-corrected chi connectivity index (χ2v) is 5.44. The number of hydrogen-bond acceptors (Lipinski definition) is 2. The minimum absolute atomic E-state index is 0.624. The number of rotatable bonds is 6. The summed E-state index contributed by atoms with van der Waals surface area (Å²) >= 11 is 0. The predicted octanol–water partition coefficient (Wildman–Crippen LogP) is 2.79. The lowest BCUT2D eigenvalue weighted by Crippen LogP contribution is -2.35. The average Bonchev–Trinajstić information content (AvgIpc) is 3.04. The molecule has 2 rings (SSSR count). The maximum absolute atomic E-state index is 4.65. The van der Waals surface area contributed by atoms with Gasteiger partial charge in [0.15, 0.2) is 0 Å². The molecule has 0 radical (unpaired) electrons. The van der Waals surface area contributed by atoms with Gasteiger partial charge in [0.25, 0.3) is 0 Å². The van der Waals surface area contributed by atoms with Gasteiger partial charge in [-0.25, -0.2) is 0 Å². The molecule has 0 amide bonds. The Morgan fingerprint density at radius 1 is 1.39 bits per heavy atom. The minimum atomic E-state index is 0.624. The van der Waals surface area contributed by atoms with E-state index in [1.807, 2.05) is 0 Å². The molecule has 1 fully saturated rings. The highest BCUT2D eigenvalue weighted by Crippen LogP contribution is 2.29. The Bertz CT molecular complexity index is 364. The quantitative estimate of drug-likeness (QED) is 0.840. The highest BCUT2D eigenvalue weighted by atomic mass is 15.3. The summed E-state index contributed by atoms with van der Waals surface area (Å²) in [5, 5.41) is 8.18. The number of aromatic nitrogens is 2. The van der Waals surface area contributed by atoms with E-state index < -0.39 is 0 Å². The molecule has 1 saturated carbocycles. The first-order chi connectivity index (χ1) is 8.78. The molecule has 0 saturated heterocycles. The molecule has 3 heteroatoms. The summed E-state index contributed by atoms with van der Waals surface area (Å²) in [5.41, 5.74) is 2.63. The fraction of sp³-hybridized carbons (Fsp3) is 0.800. The number of aryl methyl sites for hydroxylation is 2. The zero-order valence-electron chi connectivity index (χ0n) is 12.1. The van der Waals surface area contributed by atoms with Crippen LogP contribution >= 0.6 is 0 Å². The van der Waals surface area contributed by atoms with Crippen LogP contribution in [0.25, 0.3) is 0 Å². The van der Waals surface area contributed by atoms with Crippen molar-refractivity contribution in [1.82, 2.24) is 15.1 Å². The van der Waals surface area contributed by atoms with Gasteiger partial charge in [-0.2, -0.15) is 5.10 Å². The lowest BCUT2D eigenvalue weighted by molar-refractivity contribution is 0.369. The van der Waals surface area contributed by atoms with Gasteiger partial charge in [0.1, 0.15) is 0 Å². The summed E-state index contributed by atoms with van der Waals surface area (Å²) in [4.78, 5) is 0. The van der Waals surface area contributed by atoms with Gasteiger partial charge < -0.3 is 5.32 Å². The fourth-order valence-corrected chi connectivity index (χ4v) is 3.22. The Labute approximate surface area is 111 Å². The molecule has 0 spiro atoms. The van der Waals surface area contributed by atoms with Crippen LogP contribution in [-0.4, -0.2) is 22.9 Å². The van der Waals surface area contributed by atoms with E-state index in [2.05, 4.69) is 42.1 Å². The Morgan fingerprint density at radius 2 is 2.11 bits per heavy atom. The largest absolute Gasteiger partial charge is 0.316 e. The molecule has 1 atom stereocenters. The molecule has 1 aliphatic rings. The third-order valence-corrected chi connectivity index (χ3v) is 4.34. The van der Waals surface area contributed by atoms with E-state index in [-0.39, 0.29) is 0 Å². The average molecular weight is 249 g/mol. The molecule has 1 aliphatic carbocycles. The van der Waals surface area contributed by atoms with E-state index in [9.17, 15) is 0 Å². The number of likely N-dealkylation sites (N-methyl/N-ethyl adjacent to an activating group) is 1. The fourth-order valence-electron chi connectivity index (χ4n) is 3.22. The molecule has 0 bridgehead atoms. The molecule has 0 aromatic carbocycles. The Kier molecular flexibility index (Phi) is 4.81. The molecule has 1 N–H and O–H groups in total. The van der Waals surface area contributed by atoms with Crippen LogP contribution < -0.4 is 5.32 Å². The molecule has 0 aliphatic heterocycles. The van der Waals surface area contributed by atoms with E-state index in [0.717, 1.165) is 25.3 Å². The van der Waals surface area contributed by atoms with Crippen molar-refractivity contribution in [3.05, 3.63) is 17.5 Å². The van der Waals surface area contributed by atoms with Gasteiger partial charge in [0, 0.05) is 24.7 Å². The van der Waals surface area contributed by atoms with Crippen molar-refractivity contribution in [3.63, 3.8) is 0 Å².